The van der Waals surface area contributed by atoms with Gasteiger partial charge in [-0.3, -0.25) is 4.55 Å². The lowest BCUT2D eigenvalue weighted by molar-refractivity contribution is -0.474. The van der Waals surface area contributed by atoms with E-state index in [0.717, 1.165) is 0 Å². The fraction of sp³-hybridized carbons (Fsp3) is 1.00. The van der Waals surface area contributed by atoms with Gasteiger partial charge in [0.15, 0.2) is 0 Å². The first-order chi connectivity index (χ1) is 16.0. The molecule has 0 saturated carbocycles. The molecule has 0 heterocycles. The van der Waals surface area contributed by atoms with Crippen molar-refractivity contribution in [1.82, 2.24) is 6.15 Å². The number of hydrogen-bond donors (Lipinski definition) is 2. The number of hydrogen-bond acceptors (Lipinski definition) is 4. The van der Waals surface area contributed by atoms with Crippen molar-refractivity contribution in [3.63, 3.8) is 0 Å². The minimum Gasteiger partial charge on any atom is -0.344 e. The van der Waals surface area contributed by atoms with Crippen molar-refractivity contribution in [3.05, 3.63) is 0 Å². The minimum atomic E-state index is -9.27. The molecule has 0 unspecified atom stereocenters. The van der Waals surface area contributed by atoms with Crippen molar-refractivity contribution < 1.29 is 109 Å². The second-order valence-corrected chi connectivity index (χ2v) is 7.89. The summed E-state index contributed by atoms with van der Waals surface area (Å²) < 4.78 is 306. The van der Waals surface area contributed by atoms with Crippen LogP contribution in [0.1, 0.15) is 6.42 Å². The Morgan fingerprint density at radius 3 is 0.923 bits per heavy atom. The molecule has 0 rings (SSSR count). The monoisotopic (exact) mass is 661 g/mol. The predicted molar refractivity (Wildman–Crippen MR) is 77.7 cm³/mol. The molecule has 4 N–H and O–H groups in total. The van der Waals surface area contributed by atoms with Crippen LogP contribution in [-0.2, 0) is 14.6 Å². The summed E-state index contributed by atoms with van der Waals surface area (Å²) in [5.74, 6) is -78.3. The number of rotatable bonds is 12. The van der Waals surface area contributed by atoms with Crippen LogP contribution < -0.4 is 6.15 Å². The Bertz CT molecular complexity index is 972. The summed E-state index contributed by atoms with van der Waals surface area (Å²) in [4.78, 5) is 0. The van der Waals surface area contributed by atoms with Crippen molar-refractivity contribution >= 4 is 10.4 Å². The van der Waals surface area contributed by atoms with Gasteiger partial charge in [0, 0.05) is 6.42 Å². The Kier molecular flexibility index (Phi) is 10.1. The number of alkyl halides is 21. The second-order valence-electron chi connectivity index (χ2n) is 6.80. The first-order valence-electron chi connectivity index (χ1n) is 8.04. The highest BCUT2D eigenvalue weighted by Crippen LogP contribution is 2.66. The SMILES string of the molecule is N.O=S(=O)(O)OCCC(F)(F)C(F)(F)C(F)(F)C(F)(F)C(F)(F)C(F)(F)C(F)(F)C(F)(F)C(F)(F)C(F)(F)F. The highest BCUT2D eigenvalue weighted by molar-refractivity contribution is 7.80. The Morgan fingerprint density at radius 2 is 0.692 bits per heavy atom. The molecule has 0 aliphatic rings. The summed E-state index contributed by atoms with van der Waals surface area (Å²) in [5, 5.41) is 0. The van der Waals surface area contributed by atoms with Gasteiger partial charge in [0.05, 0.1) is 6.61 Å². The molecule has 0 aromatic rings. The Labute approximate surface area is 199 Å². The zero-order valence-corrected chi connectivity index (χ0v) is 18.0. The molecule has 0 radical (unpaired) electrons. The van der Waals surface area contributed by atoms with Crippen LogP contribution >= 0.6 is 0 Å². The molecule has 0 bridgehead atoms. The molecule has 39 heavy (non-hydrogen) atoms. The molecular weight excluding hydrogens is 653 g/mol. The summed E-state index contributed by atoms with van der Waals surface area (Å²) in [6.07, 6.45) is -11.4. The predicted octanol–water partition coefficient (Wildman–Crippen LogP) is 6.64. The molecule has 0 atom stereocenters. The average molecular weight is 661 g/mol. The fourth-order valence-electron chi connectivity index (χ4n) is 2.02. The maximum absolute atomic E-state index is 13.5. The van der Waals surface area contributed by atoms with Gasteiger partial charge < -0.3 is 6.15 Å². The highest BCUT2D eigenvalue weighted by atomic mass is 32.3. The molecule has 238 valence electrons. The maximum Gasteiger partial charge on any atom is 0.460 e. The lowest BCUT2D eigenvalue weighted by Gasteiger charge is -2.44. The number of halogens is 21. The molecule has 0 aromatic heterocycles. The maximum atomic E-state index is 13.5. The van der Waals surface area contributed by atoms with Gasteiger partial charge in [-0.2, -0.15) is 101 Å². The van der Waals surface area contributed by atoms with E-state index in [2.05, 4.69) is 4.18 Å². The first kappa shape index (κ1) is 39.5. The minimum absolute atomic E-state index is 0. The first-order valence-corrected chi connectivity index (χ1v) is 9.41. The lowest BCUT2D eigenvalue weighted by Crippen LogP contribution is -2.76. The highest BCUT2D eigenvalue weighted by Gasteiger charge is 2.97. The van der Waals surface area contributed by atoms with E-state index < -0.39 is 82.9 Å². The van der Waals surface area contributed by atoms with Crippen molar-refractivity contribution in [3.8, 4) is 0 Å². The third kappa shape index (κ3) is 5.62. The van der Waals surface area contributed by atoms with E-state index in [1.807, 2.05) is 0 Å². The van der Waals surface area contributed by atoms with Crippen molar-refractivity contribution in [2.75, 3.05) is 6.61 Å². The van der Waals surface area contributed by atoms with Gasteiger partial charge in [-0.05, 0) is 0 Å². The Morgan fingerprint density at radius 1 is 0.462 bits per heavy atom. The van der Waals surface area contributed by atoms with Crippen LogP contribution in [0.15, 0.2) is 0 Å². The van der Waals surface area contributed by atoms with Crippen LogP contribution in [-0.4, -0.2) is 79.1 Å². The van der Waals surface area contributed by atoms with Crippen LogP contribution in [0.3, 0.4) is 0 Å². The topological polar surface area (TPSA) is 98.6 Å². The van der Waals surface area contributed by atoms with Gasteiger partial charge in [0.25, 0.3) is 0 Å². The van der Waals surface area contributed by atoms with Crippen molar-refractivity contribution in [2.24, 2.45) is 0 Å². The van der Waals surface area contributed by atoms with Gasteiger partial charge in [0.1, 0.15) is 0 Å². The van der Waals surface area contributed by atoms with Crippen molar-refractivity contribution in [2.45, 2.75) is 65.9 Å². The van der Waals surface area contributed by atoms with Gasteiger partial charge in [0.2, 0.25) is 0 Å². The van der Waals surface area contributed by atoms with Gasteiger partial charge in [-0.15, -0.1) is 0 Å². The normalized spacial score (nSPS) is 16.3. The molecule has 5 nitrogen and oxygen atoms in total. The van der Waals surface area contributed by atoms with Crippen LogP contribution in [0.4, 0.5) is 92.2 Å². The Hall–Kier alpha value is -1.64. The molecule has 0 aromatic carbocycles. The molecule has 0 aliphatic heterocycles. The zero-order valence-electron chi connectivity index (χ0n) is 17.1. The third-order valence-corrected chi connectivity index (χ3v) is 4.69. The van der Waals surface area contributed by atoms with E-state index in [1.165, 1.54) is 0 Å². The van der Waals surface area contributed by atoms with Crippen LogP contribution in [0.2, 0.25) is 0 Å². The molecule has 0 fully saturated rings. The van der Waals surface area contributed by atoms with Crippen LogP contribution in [0.25, 0.3) is 0 Å². The molecule has 0 saturated heterocycles. The lowest BCUT2D eigenvalue weighted by atomic mass is 9.86. The third-order valence-electron chi connectivity index (χ3n) is 4.22. The van der Waals surface area contributed by atoms with Gasteiger partial charge in [-0.25, -0.2) is 4.18 Å². The fourth-order valence-corrected chi connectivity index (χ4v) is 2.32. The van der Waals surface area contributed by atoms with E-state index >= 15 is 0 Å². The summed E-state index contributed by atoms with van der Waals surface area (Å²) >= 11 is 0. The molecule has 0 aliphatic carbocycles. The molecular formula is C12H8F21NO4S. The van der Waals surface area contributed by atoms with E-state index in [0.29, 0.717) is 0 Å². The molecule has 0 spiro atoms. The van der Waals surface area contributed by atoms with E-state index in [-0.39, 0.29) is 6.15 Å². The molecule has 0 amide bonds. The van der Waals surface area contributed by atoms with Crippen LogP contribution in [0, 0.1) is 0 Å². The quantitative estimate of drug-likeness (QED) is 0.181. The van der Waals surface area contributed by atoms with Crippen LogP contribution in [0.5, 0.6) is 0 Å². The van der Waals surface area contributed by atoms with E-state index in [4.69, 9.17) is 4.55 Å². The zero-order chi connectivity index (χ0) is 31.6. The Balaban J connectivity index is 0. The summed E-state index contributed by atoms with van der Waals surface area (Å²) in [7, 11) is -5.88. The average Bonchev–Trinajstić information content (AvgIpc) is 2.64. The summed E-state index contributed by atoms with van der Waals surface area (Å²) in [5.41, 5.74) is 0. The van der Waals surface area contributed by atoms with Gasteiger partial charge in [-0.1, -0.05) is 0 Å². The van der Waals surface area contributed by atoms with Gasteiger partial charge >= 0.3 is 69.9 Å². The second kappa shape index (κ2) is 10.0. The molecule has 27 heteroatoms. The van der Waals surface area contributed by atoms with E-state index in [1.54, 1.807) is 0 Å². The summed E-state index contributed by atoms with van der Waals surface area (Å²) in [6, 6.07) is 0. The smallest absolute Gasteiger partial charge is 0.344 e. The van der Waals surface area contributed by atoms with Crippen molar-refractivity contribution in [1.29, 1.82) is 0 Å². The largest absolute Gasteiger partial charge is 0.460 e. The summed E-state index contributed by atoms with van der Waals surface area (Å²) in [6.45, 7) is -2.59. The van der Waals surface area contributed by atoms with E-state index in [9.17, 15) is 101 Å². The standard InChI is InChI=1S/C12H5F21O4S.H3N/c13-3(14,1-2-37-38(34,35)36)4(15,16)5(17,18)6(19,20)7(21,22)8(23,24)9(25,26)10(27,28)11(29,30)12(31,32)33;/h1-2H2,(H,34,35,36);1H3.